The van der Waals surface area contributed by atoms with Gasteiger partial charge in [0.2, 0.25) is 0 Å². The number of hydrogen-bond acceptors (Lipinski definition) is 3. The molecule has 0 heterocycles. The topological polar surface area (TPSA) is 64.3 Å². The molecule has 21 heavy (non-hydrogen) atoms. The quantitative estimate of drug-likeness (QED) is 0.817. The summed E-state index contributed by atoms with van der Waals surface area (Å²) >= 11 is 3.27. The average Bonchev–Trinajstić information content (AvgIpc) is 2.42. The fraction of sp³-hybridized carbons (Fsp3) is 0.0714. The van der Waals surface area contributed by atoms with Crippen LogP contribution in [0.5, 0.6) is 5.75 Å². The standard InChI is InChI=1S/C14H11BrF2N2O2/c15-10-6-5-8(18)7-11(10)19-13(20)9-3-1-2-4-12(9)21-14(16)17/h1-7,14H,18H2,(H,19,20). The lowest BCUT2D eigenvalue weighted by Gasteiger charge is -2.12. The predicted octanol–water partition coefficient (Wildman–Crippen LogP) is 3.89. The molecule has 0 radical (unpaired) electrons. The number of amides is 1. The van der Waals surface area contributed by atoms with Crippen LogP contribution in [-0.2, 0) is 0 Å². The van der Waals surface area contributed by atoms with Crippen LogP contribution in [0.2, 0.25) is 0 Å². The molecule has 2 aromatic rings. The zero-order valence-electron chi connectivity index (χ0n) is 10.6. The highest BCUT2D eigenvalue weighted by molar-refractivity contribution is 9.10. The molecular weight excluding hydrogens is 346 g/mol. The van der Waals surface area contributed by atoms with Gasteiger partial charge in [-0.2, -0.15) is 8.78 Å². The minimum Gasteiger partial charge on any atom is -0.434 e. The van der Waals surface area contributed by atoms with Crippen LogP contribution in [0.3, 0.4) is 0 Å². The van der Waals surface area contributed by atoms with Gasteiger partial charge in [-0.25, -0.2) is 0 Å². The Balaban J connectivity index is 2.26. The molecule has 4 nitrogen and oxygen atoms in total. The van der Waals surface area contributed by atoms with Gasteiger partial charge in [-0.05, 0) is 46.3 Å². The van der Waals surface area contributed by atoms with Gasteiger partial charge >= 0.3 is 6.61 Å². The zero-order valence-corrected chi connectivity index (χ0v) is 12.2. The van der Waals surface area contributed by atoms with E-state index in [2.05, 4.69) is 26.0 Å². The van der Waals surface area contributed by atoms with Crippen molar-refractivity contribution in [3.63, 3.8) is 0 Å². The summed E-state index contributed by atoms with van der Waals surface area (Å²) in [6.07, 6.45) is 0. The van der Waals surface area contributed by atoms with Gasteiger partial charge in [0.05, 0.1) is 11.3 Å². The van der Waals surface area contributed by atoms with E-state index in [1.54, 1.807) is 24.3 Å². The molecule has 0 saturated carbocycles. The molecule has 0 saturated heterocycles. The molecule has 7 heteroatoms. The summed E-state index contributed by atoms with van der Waals surface area (Å²) in [5, 5.41) is 2.59. The average molecular weight is 357 g/mol. The maximum absolute atomic E-state index is 12.3. The molecular formula is C14H11BrF2N2O2. The van der Waals surface area contributed by atoms with Gasteiger partial charge in [0.15, 0.2) is 0 Å². The summed E-state index contributed by atoms with van der Waals surface area (Å²) in [7, 11) is 0. The van der Waals surface area contributed by atoms with Crippen LogP contribution in [0.15, 0.2) is 46.9 Å². The Bertz CT molecular complexity index is 665. The molecule has 0 aliphatic carbocycles. The highest BCUT2D eigenvalue weighted by atomic mass is 79.9. The number of ether oxygens (including phenoxy) is 1. The molecule has 3 N–H and O–H groups in total. The van der Waals surface area contributed by atoms with Crippen molar-refractivity contribution in [3.05, 3.63) is 52.5 Å². The second-order valence-corrected chi connectivity index (χ2v) is 4.92. The van der Waals surface area contributed by atoms with Gasteiger partial charge in [-0.1, -0.05) is 12.1 Å². The van der Waals surface area contributed by atoms with Crippen molar-refractivity contribution in [2.45, 2.75) is 6.61 Å². The molecule has 2 rings (SSSR count). The first-order valence-electron chi connectivity index (χ1n) is 5.87. The lowest BCUT2D eigenvalue weighted by molar-refractivity contribution is -0.0501. The molecule has 0 aliphatic heterocycles. The first kappa shape index (κ1) is 15.2. The van der Waals surface area contributed by atoms with Gasteiger partial charge in [-0.15, -0.1) is 0 Å². The van der Waals surface area contributed by atoms with E-state index in [4.69, 9.17) is 5.73 Å². The molecule has 0 atom stereocenters. The van der Waals surface area contributed by atoms with Crippen molar-refractivity contribution < 1.29 is 18.3 Å². The van der Waals surface area contributed by atoms with Crippen LogP contribution in [0.25, 0.3) is 0 Å². The van der Waals surface area contributed by atoms with E-state index in [-0.39, 0.29) is 11.3 Å². The number of nitrogens with two attached hydrogens (primary N) is 1. The van der Waals surface area contributed by atoms with Crippen LogP contribution in [0.4, 0.5) is 20.2 Å². The highest BCUT2D eigenvalue weighted by Crippen LogP contribution is 2.27. The lowest BCUT2D eigenvalue weighted by Crippen LogP contribution is -2.15. The second kappa shape index (κ2) is 6.53. The number of hydrogen-bond donors (Lipinski definition) is 2. The molecule has 0 bridgehead atoms. The monoisotopic (exact) mass is 356 g/mol. The summed E-state index contributed by atoms with van der Waals surface area (Å²) in [5.41, 5.74) is 6.55. The van der Waals surface area contributed by atoms with E-state index < -0.39 is 12.5 Å². The van der Waals surface area contributed by atoms with E-state index in [1.165, 1.54) is 18.2 Å². The molecule has 0 unspecified atom stereocenters. The van der Waals surface area contributed by atoms with Crippen molar-refractivity contribution in [1.82, 2.24) is 0 Å². The Labute approximate surface area is 128 Å². The Morgan fingerprint density at radius 1 is 1.24 bits per heavy atom. The third-order valence-corrected chi connectivity index (χ3v) is 3.28. The Morgan fingerprint density at radius 3 is 2.67 bits per heavy atom. The lowest BCUT2D eigenvalue weighted by atomic mass is 10.2. The summed E-state index contributed by atoms with van der Waals surface area (Å²) in [6.45, 7) is -3.00. The normalized spacial score (nSPS) is 10.5. The number of nitrogens with one attached hydrogen (secondary N) is 1. The minimum absolute atomic E-state index is 0.00660. The molecule has 0 aromatic heterocycles. The fourth-order valence-corrected chi connectivity index (χ4v) is 2.03. The number of benzene rings is 2. The van der Waals surface area contributed by atoms with E-state index >= 15 is 0 Å². The van der Waals surface area contributed by atoms with E-state index in [0.29, 0.717) is 15.8 Å². The smallest absolute Gasteiger partial charge is 0.387 e. The van der Waals surface area contributed by atoms with Crippen molar-refractivity contribution >= 4 is 33.2 Å². The maximum atomic E-state index is 12.3. The van der Waals surface area contributed by atoms with E-state index in [9.17, 15) is 13.6 Å². The summed E-state index contributed by atoms with van der Waals surface area (Å²) in [5.74, 6) is -0.762. The number of halogens is 3. The number of para-hydroxylation sites is 1. The Morgan fingerprint density at radius 2 is 1.95 bits per heavy atom. The Hall–Kier alpha value is -2.15. The number of alkyl halides is 2. The number of carbonyl (C=O) groups is 1. The molecule has 0 aliphatic rings. The van der Waals surface area contributed by atoms with Crippen molar-refractivity contribution in [2.24, 2.45) is 0 Å². The Kier molecular flexibility index (Phi) is 4.74. The highest BCUT2D eigenvalue weighted by Gasteiger charge is 2.16. The molecule has 2 aromatic carbocycles. The van der Waals surface area contributed by atoms with Crippen LogP contribution < -0.4 is 15.8 Å². The van der Waals surface area contributed by atoms with Gasteiger partial charge < -0.3 is 15.8 Å². The maximum Gasteiger partial charge on any atom is 0.387 e. The third-order valence-electron chi connectivity index (χ3n) is 2.59. The number of rotatable bonds is 4. The van der Waals surface area contributed by atoms with E-state index in [1.807, 2.05) is 0 Å². The van der Waals surface area contributed by atoms with Gasteiger partial charge in [0, 0.05) is 10.2 Å². The molecule has 1 amide bonds. The van der Waals surface area contributed by atoms with Crippen LogP contribution >= 0.6 is 15.9 Å². The van der Waals surface area contributed by atoms with Gasteiger partial charge in [-0.3, -0.25) is 4.79 Å². The van der Waals surface area contributed by atoms with E-state index in [0.717, 1.165) is 0 Å². The summed E-state index contributed by atoms with van der Waals surface area (Å²) in [6, 6.07) is 10.6. The van der Waals surface area contributed by atoms with Gasteiger partial charge in [0.1, 0.15) is 5.75 Å². The minimum atomic E-state index is -3.00. The number of nitrogen functional groups attached to an aromatic ring is 1. The zero-order chi connectivity index (χ0) is 15.4. The second-order valence-electron chi connectivity index (χ2n) is 4.07. The van der Waals surface area contributed by atoms with Crippen molar-refractivity contribution in [2.75, 3.05) is 11.1 Å². The van der Waals surface area contributed by atoms with Crippen LogP contribution in [0, 0.1) is 0 Å². The molecule has 110 valence electrons. The fourth-order valence-electron chi connectivity index (χ4n) is 1.68. The molecule has 0 spiro atoms. The SMILES string of the molecule is Nc1ccc(Br)c(NC(=O)c2ccccc2OC(F)F)c1. The first-order chi connectivity index (χ1) is 9.97. The van der Waals surface area contributed by atoms with Crippen LogP contribution in [-0.4, -0.2) is 12.5 Å². The summed E-state index contributed by atoms with van der Waals surface area (Å²) < 4.78 is 29.6. The van der Waals surface area contributed by atoms with Gasteiger partial charge in [0.25, 0.3) is 5.91 Å². The third kappa shape index (κ3) is 3.91. The predicted molar refractivity (Wildman–Crippen MR) is 79.6 cm³/mol. The van der Waals surface area contributed by atoms with Crippen molar-refractivity contribution in [1.29, 1.82) is 0 Å². The van der Waals surface area contributed by atoms with Crippen LogP contribution in [0.1, 0.15) is 10.4 Å². The first-order valence-corrected chi connectivity index (χ1v) is 6.67. The number of anilines is 2. The van der Waals surface area contributed by atoms with Crippen molar-refractivity contribution in [3.8, 4) is 5.75 Å². The largest absolute Gasteiger partial charge is 0.434 e. The summed E-state index contributed by atoms with van der Waals surface area (Å²) in [4.78, 5) is 12.2. The molecule has 0 fully saturated rings. The number of carbonyl (C=O) groups excluding carboxylic acids is 1.